The topological polar surface area (TPSA) is 81.4 Å². The first kappa shape index (κ1) is 24.3. The lowest BCUT2D eigenvalue weighted by molar-refractivity contribution is -0.142. The number of hydrogen-bond acceptors (Lipinski definition) is 6. The SMILES string of the molecule is CSCOC(O)Cn1nc(C(F)(F)F)cc1-c1ccc(-c2cccc(S(C)(=O)=O)c2)cc1. The summed E-state index contributed by atoms with van der Waals surface area (Å²) in [6.07, 6.45) is -3.08. The minimum Gasteiger partial charge on any atom is -0.366 e. The van der Waals surface area contributed by atoms with Crippen molar-refractivity contribution in [3.8, 4) is 22.4 Å². The number of rotatable bonds is 8. The van der Waals surface area contributed by atoms with Crippen LogP contribution in [0.2, 0.25) is 0 Å². The Bertz CT molecular complexity index is 1180. The molecule has 0 fully saturated rings. The number of benzene rings is 2. The molecule has 1 aromatic heterocycles. The molecular formula is C21H21F3N2O4S2. The van der Waals surface area contributed by atoms with Gasteiger partial charge in [0.25, 0.3) is 0 Å². The second kappa shape index (κ2) is 9.65. The fourth-order valence-electron chi connectivity index (χ4n) is 3.01. The van der Waals surface area contributed by atoms with Gasteiger partial charge in [0.05, 0.1) is 23.1 Å². The molecule has 32 heavy (non-hydrogen) atoms. The van der Waals surface area contributed by atoms with Gasteiger partial charge in [-0.05, 0) is 41.1 Å². The first-order chi connectivity index (χ1) is 15.0. The maximum absolute atomic E-state index is 13.2. The van der Waals surface area contributed by atoms with E-state index in [0.29, 0.717) is 16.7 Å². The summed E-state index contributed by atoms with van der Waals surface area (Å²) < 4.78 is 69.5. The quantitative estimate of drug-likeness (QED) is 0.479. The van der Waals surface area contributed by atoms with Crippen LogP contribution in [0.5, 0.6) is 0 Å². The second-order valence-corrected chi connectivity index (χ2v) is 9.83. The van der Waals surface area contributed by atoms with Crippen molar-refractivity contribution >= 4 is 21.6 Å². The zero-order valence-corrected chi connectivity index (χ0v) is 18.8. The highest BCUT2D eigenvalue weighted by Crippen LogP contribution is 2.33. The fourth-order valence-corrected chi connectivity index (χ4v) is 3.97. The van der Waals surface area contributed by atoms with Gasteiger partial charge in [0.2, 0.25) is 0 Å². The Balaban J connectivity index is 1.95. The molecule has 0 radical (unpaired) electrons. The molecule has 1 unspecified atom stereocenters. The van der Waals surface area contributed by atoms with Crippen molar-refractivity contribution in [3.63, 3.8) is 0 Å². The number of aliphatic hydroxyl groups excluding tert-OH is 1. The van der Waals surface area contributed by atoms with Crippen LogP contribution < -0.4 is 0 Å². The molecule has 1 N–H and O–H groups in total. The summed E-state index contributed by atoms with van der Waals surface area (Å²) in [5.74, 6) is 0.186. The number of hydrogen-bond donors (Lipinski definition) is 1. The summed E-state index contributed by atoms with van der Waals surface area (Å²) in [5, 5.41) is 13.6. The molecule has 0 spiro atoms. The Morgan fingerprint density at radius 1 is 1.09 bits per heavy atom. The van der Waals surface area contributed by atoms with Gasteiger partial charge in [-0.1, -0.05) is 36.4 Å². The van der Waals surface area contributed by atoms with Crippen LogP contribution in [0.3, 0.4) is 0 Å². The molecule has 1 heterocycles. The van der Waals surface area contributed by atoms with Crippen molar-refractivity contribution in [2.24, 2.45) is 0 Å². The van der Waals surface area contributed by atoms with Crippen LogP contribution in [-0.4, -0.2) is 48.0 Å². The molecule has 11 heteroatoms. The summed E-state index contributed by atoms with van der Waals surface area (Å²) in [6, 6.07) is 13.9. The van der Waals surface area contributed by atoms with Gasteiger partial charge >= 0.3 is 6.18 Å². The van der Waals surface area contributed by atoms with Crippen LogP contribution in [0.4, 0.5) is 13.2 Å². The van der Waals surface area contributed by atoms with Crippen LogP contribution in [0.1, 0.15) is 5.69 Å². The highest BCUT2D eigenvalue weighted by molar-refractivity contribution is 7.98. The average Bonchev–Trinajstić information content (AvgIpc) is 3.16. The van der Waals surface area contributed by atoms with E-state index in [1.807, 2.05) is 0 Å². The number of thioether (sulfide) groups is 1. The number of aliphatic hydroxyl groups is 1. The van der Waals surface area contributed by atoms with Crippen molar-refractivity contribution in [3.05, 3.63) is 60.3 Å². The molecule has 0 amide bonds. The van der Waals surface area contributed by atoms with Crippen LogP contribution in [0.15, 0.2) is 59.5 Å². The van der Waals surface area contributed by atoms with Gasteiger partial charge in [-0.25, -0.2) is 8.42 Å². The Labute approximate surface area is 187 Å². The zero-order chi connectivity index (χ0) is 23.5. The molecule has 0 saturated heterocycles. The third kappa shape index (κ3) is 5.91. The Morgan fingerprint density at radius 2 is 1.75 bits per heavy atom. The fraction of sp³-hybridized carbons (Fsp3) is 0.286. The van der Waals surface area contributed by atoms with Crippen molar-refractivity contribution in [1.82, 2.24) is 9.78 Å². The van der Waals surface area contributed by atoms with E-state index >= 15 is 0 Å². The highest BCUT2D eigenvalue weighted by atomic mass is 32.2. The minimum absolute atomic E-state index is 0.167. The van der Waals surface area contributed by atoms with E-state index in [0.717, 1.165) is 17.0 Å². The molecule has 3 aromatic rings. The Hall–Kier alpha value is -2.34. The number of alkyl halides is 3. The number of sulfone groups is 1. The van der Waals surface area contributed by atoms with E-state index in [1.54, 1.807) is 42.7 Å². The Kier molecular flexibility index (Phi) is 7.33. The highest BCUT2D eigenvalue weighted by Gasteiger charge is 2.35. The van der Waals surface area contributed by atoms with Gasteiger partial charge in [-0.15, -0.1) is 11.8 Å². The molecule has 0 aliphatic carbocycles. The molecule has 3 rings (SSSR count). The van der Waals surface area contributed by atoms with Crippen LogP contribution in [0, 0.1) is 0 Å². The lowest BCUT2D eigenvalue weighted by Crippen LogP contribution is -2.21. The number of ether oxygens (including phenoxy) is 1. The number of aromatic nitrogens is 2. The van der Waals surface area contributed by atoms with Gasteiger partial charge in [0.1, 0.15) is 0 Å². The second-order valence-electron chi connectivity index (χ2n) is 7.00. The first-order valence-electron chi connectivity index (χ1n) is 9.33. The Morgan fingerprint density at radius 3 is 2.34 bits per heavy atom. The molecular weight excluding hydrogens is 465 g/mol. The van der Waals surface area contributed by atoms with Gasteiger partial charge in [-0.2, -0.15) is 18.3 Å². The van der Waals surface area contributed by atoms with Crippen LogP contribution in [0.25, 0.3) is 22.4 Å². The van der Waals surface area contributed by atoms with Crippen LogP contribution >= 0.6 is 11.8 Å². The predicted octanol–water partition coefficient (Wildman–Crippen LogP) is 4.29. The molecule has 0 aliphatic rings. The van der Waals surface area contributed by atoms with Gasteiger partial charge in [0.15, 0.2) is 21.8 Å². The average molecular weight is 487 g/mol. The minimum atomic E-state index is -4.64. The van der Waals surface area contributed by atoms with E-state index in [9.17, 15) is 26.7 Å². The molecule has 6 nitrogen and oxygen atoms in total. The largest absolute Gasteiger partial charge is 0.435 e. The first-order valence-corrected chi connectivity index (χ1v) is 12.6. The lowest BCUT2D eigenvalue weighted by atomic mass is 10.0. The molecule has 0 bridgehead atoms. The maximum Gasteiger partial charge on any atom is 0.435 e. The molecule has 172 valence electrons. The standard InChI is InChI=1S/C21H21F3N2O4S2/c1-31-13-30-20(27)12-26-18(11-19(25-26)21(22,23)24)15-8-6-14(7-9-15)16-4-3-5-17(10-16)32(2,28)29/h3-11,20,27H,12-13H2,1-2H3. The summed E-state index contributed by atoms with van der Waals surface area (Å²) in [5.41, 5.74) is 0.901. The van der Waals surface area contributed by atoms with Crippen molar-refractivity contribution in [2.75, 3.05) is 18.5 Å². The molecule has 0 saturated carbocycles. The molecule has 0 aliphatic heterocycles. The zero-order valence-electron chi connectivity index (χ0n) is 17.2. The van der Waals surface area contributed by atoms with E-state index in [2.05, 4.69) is 5.10 Å². The summed E-state index contributed by atoms with van der Waals surface area (Å²) in [6.45, 7) is -0.274. The van der Waals surface area contributed by atoms with Crippen LogP contribution in [-0.2, 0) is 27.3 Å². The van der Waals surface area contributed by atoms with Crippen molar-refractivity contribution in [2.45, 2.75) is 23.9 Å². The predicted molar refractivity (Wildman–Crippen MR) is 117 cm³/mol. The normalized spacial score (nSPS) is 13.3. The summed E-state index contributed by atoms with van der Waals surface area (Å²) in [4.78, 5) is 0.172. The molecule has 1 atom stereocenters. The summed E-state index contributed by atoms with van der Waals surface area (Å²) >= 11 is 1.32. The van der Waals surface area contributed by atoms with Crippen molar-refractivity contribution in [1.29, 1.82) is 0 Å². The number of halogens is 3. The van der Waals surface area contributed by atoms with E-state index in [-0.39, 0.29) is 23.1 Å². The third-order valence-electron chi connectivity index (χ3n) is 4.55. The monoisotopic (exact) mass is 486 g/mol. The maximum atomic E-state index is 13.2. The van der Waals surface area contributed by atoms with Gasteiger partial charge in [-0.3, -0.25) is 4.68 Å². The lowest BCUT2D eigenvalue weighted by Gasteiger charge is -2.14. The summed E-state index contributed by atoms with van der Waals surface area (Å²) in [7, 11) is -3.37. The number of nitrogens with zero attached hydrogens (tertiary/aromatic N) is 2. The van der Waals surface area contributed by atoms with E-state index < -0.39 is 28.0 Å². The van der Waals surface area contributed by atoms with Crippen molar-refractivity contribution < 1.29 is 31.4 Å². The third-order valence-corrected chi connectivity index (χ3v) is 6.04. The smallest absolute Gasteiger partial charge is 0.366 e. The molecule has 2 aromatic carbocycles. The van der Waals surface area contributed by atoms with Gasteiger partial charge in [0, 0.05) is 6.26 Å². The van der Waals surface area contributed by atoms with Gasteiger partial charge < -0.3 is 9.84 Å². The van der Waals surface area contributed by atoms with E-state index in [1.165, 1.54) is 23.9 Å². The van der Waals surface area contributed by atoms with E-state index in [4.69, 9.17) is 4.74 Å².